The van der Waals surface area contributed by atoms with Crippen molar-refractivity contribution in [3.63, 3.8) is 0 Å². The van der Waals surface area contributed by atoms with Crippen molar-refractivity contribution >= 4 is 5.91 Å². The highest BCUT2D eigenvalue weighted by molar-refractivity contribution is 5.79. The number of hydrogen-bond donors (Lipinski definition) is 1. The second-order valence-corrected chi connectivity index (χ2v) is 7.16. The molecule has 2 saturated heterocycles. The molecule has 1 amide bonds. The minimum Gasteiger partial charge on any atom is -0.371 e. The quantitative estimate of drug-likeness (QED) is 0.870. The van der Waals surface area contributed by atoms with E-state index in [-0.39, 0.29) is 24.0 Å². The minimum absolute atomic E-state index is 0.0132. The number of hydrogen-bond acceptors (Lipinski definition) is 4. The molecule has 5 nitrogen and oxygen atoms in total. The molecule has 1 aromatic rings. The molecular formula is C18H27N3O2. The molecule has 3 rings (SSSR count). The number of amides is 1. The number of carbonyl (C=O) groups is 1. The fraction of sp³-hybridized carbons (Fsp3) is 0.667. The lowest BCUT2D eigenvalue weighted by Crippen LogP contribution is -2.45. The zero-order chi connectivity index (χ0) is 16.2. The number of morpholine rings is 1. The maximum Gasteiger partial charge on any atom is 0.226 e. The number of rotatable bonds is 6. The smallest absolute Gasteiger partial charge is 0.226 e. The number of fused-ring (bicyclic) bond motifs is 2. The average Bonchev–Trinajstić information content (AvgIpc) is 2.86. The molecule has 3 atom stereocenters. The third kappa shape index (κ3) is 4.30. The van der Waals surface area contributed by atoms with Gasteiger partial charge < -0.3 is 10.1 Å². The van der Waals surface area contributed by atoms with Crippen molar-refractivity contribution in [1.82, 2.24) is 15.2 Å². The molecule has 1 aromatic heterocycles. The van der Waals surface area contributed by atoms with Crippen LogP contribution in [0.15, 0.2) is 24.5 Å². The highest BCUT2D eigenvalue weighted by atomic mass is 16.5. The first-order valence-corrected chi connectivity index (χ1v) is 8.66. The summed E-state index contributed by atoms with van der Waals surface area (Å²) in [6.45, 7) is 8.01. The number of ether oxygens (including phenoxy) is 1. The maximum absolute atomic E-state index is 12.5. The Balaban J connectivity index is 1.50. The molecule has 2 fully saturated rings. The Morgan fingerprint density at radius 2 is 2.35 bits per heavy atom. The van der Waals surface area contributed by atoms with E-state index in [9.17, 15) is 4.79 Å². The topological polar surface area (TPSA) is 54.5 Å². The molecule has 5 heteroatoms. The summed E-state index contributed by atoms with van der Waals surface area (Å²) in [5, 5.41) is 3.04. The predicted molar refractivity (Wildman–Crippen MR) is 88.7 cm³/mol. The van der Waals surface area contributed by atoms with Crippen LogP contribution in [0.3, 0.4) is 0 Å². The van der Waals surface area contributed by atoms with Gasteiger partial charge in [-0.25, -0.2) is 0 Å². The molecule has 0 radical (unpaired) electrons. The van der Waals surface area contributed by atoms with E-state index in [1.165, 1.54) is 6.42 Å². The van der Waals surface area contributed by atoms with E-state index in [0.29, 0.717) is 12.5 Å². The molecule has 0 aromatic carbocycles. The molecule has 0 saturated carbocycles. The van der Waals surface area contributed by atoms with Gasteiger partial charge >= 0.3 is 0 Å². The van der Waals surface area contributed by atoms with Gasteiger partial charge in [-0.05, 0) is 36.9 Å². The summed E-state index contributed by atoms with van der Waals surface area (Å²) < 4.78 is 6.01. The number of nitrogens with zero attached hydrogens (tertiary/aromatic N) is 2. The average molecular weight is 317 g/mol. The van der Waals surface area contributed by atoms with Crippen LogP contribution in [0.2, 0.25) is 0 Å². The van der Waals surface area contributed by atoms with Crippen LogP contribution in [0.25, 0.3) is 0 Å². The van der Waals surface area contributed by atoms with Gasteiger partial charge in [0.2, 0.25) is 5.91 Å². The van der Waals surface area contributed by atoms with Crippen LogP contribution in [-0.2, 0) is 16.1 Å². The first kappa shape index (κ1) is 16.4. The van der Waals surface area contributed by atoms with Crippen molar-refractivity contribution in [2.45, 2.75) is 45.4 Å². The van der Waals surface area contributed by atoms with Crippen LogP contribution in [0, 0.1) is 11.8 Å². The molecule has 2 aliphatic heterocycles. The summed E-state index contributed by atoms with van der Waals surface area (Å²) >= 11 is 0. The van der Waals surface area contributed by atoms with Crippen LogP contribution in [0.5, 0.6) is 0 Å². The van der Waals surface area contributed by atoms with E-state index >= 15 is 0 Å². The second-order valence-electron chi connectivity index (χ2n) is 7.16. The van der Waals surface area contributed by atoms with Gasteiger partial charge in [0.15, 0.2) is 0 Å². The summed E-state index contributed by atoms with van der Waals surface area (Å²) in [6, 6.07) is 3.87. The van der Waals surface area contributed by atoms with Crippen molar-refractivity contribution in [2.75, 3.05) is 19.6 Å². The molecule has 0 unspecified atom stereocenters. The van der Waals surface area contributed by atoms with Gasteiger partial charge in [-0.2, -0.15) is 0 Å². The molecule has 1 N–H and O–H groups in total. The largest absolute Gasteiger partial charge is 0.371 e. The Morgan fingerprint density at radius 1 is 1.48 bits per heavy atom. The third-order valence-corrected chi connectivity index (χ3v) is 4.78. The van der Waals surface area contributed by atoms with Crippen LogP contribution in [0.1, 0.15) is 32.3 Å². The zero-order valence-corrected chi connectivity index (χ0v) is 14.1. The number of likely N-dealkylation sites (tertiary alicyclic amines) is 1. The lowest BCUT2D eigenvalue weighted by atomic mass is 9.99. The van der Waals surface area contributed by atoms with Gasteiger partial charge in [-0.1, -0.05) is 19.9 Å². The van der Waals surface area contributed by atoms with E-state index in [0.717, 1.165) is 31.6 Å². The van der Waals surface area contributed by atoms with Crippen molar-refractivity contribution in [1.29, 1.82) is 0 Å². The van der Waals surface area contributed by atoms with Gasteiger partial charge in [0, 0.05) is 32.0 Å². The number of pyridine rings is 1. The van der Waals surface area contributed by atoms with Crippen LogP contribution >= 0.6 is 0 Å². The van der Waals surface area contributed by atoms with Crippen LogP contribution in [0.4, 0.5) is 0 Å². The van der Waals surface area contributed by atoms with E-state index < -0.39 is 0 Å². The minimum atomic E-state index is -0.0132. The van der Waals surface area contributed by atoms with E-state index in [4.69, 9.17) is 4.74 Å². The van der Waals surface area contributed by atoms with Crippen molar-refractivity contribution in [3.8, 4) is 0 Å². The van der Waals surface area contributed by atoms with Gasteiger partial charge in [0.25, 0.3) is 0 Å². The summed E-state index contributed by atoms with van der Waals surface area (Å²) in [5.41, 5.74) is 1.03. The van der Waals surface area contributed by atoms with E-state index in [1.807, 2.05) is 12.1 Å². The van der Waals surface area contributed by atoms with Gasteiger partial charge in [-0.3, -0.25) is 14.7 Å². The maximum atomic E-state index is 12.5. The molecule has 23 heavy (non-hydrogen) atoms. The molecule has 0 aliphatic carbocycles. The van der Waals surface area contributed by atoms with Gasteiger partial charge in [0.1, 0.15) is 0 Å². The van der Waals surface area contributed by atoms with Crippen LogP contribution in [-0.4, -0.2) is 47.6 Å². The highest BCUT2D eigenvalue weighted by Gasteiger charge is 2.44. The first-order valence-electron chi connectivity index (χ1n) is 8.66. The predicted octanol–water partition coefficient (Wildman–Crippen LogP) is 1.83. The molecule has 126 valence electrons. The van der Waals surface area contributed by atoms with Crippen molar-refractivity contribution in [3.05, 3.63) is 30.1 Å². The summed E-state index contributed by atoms with van der Waals surface area (Å²) in [7, 11) is 0. The fourth-order valence-corrected chi connectivity index (χ4v) is 3.46. The number of nitrogens with one attached hydrogen (secondary N) is 1. The SMILES string of the molecule is CC(C)CCN1C[C@H]2C[C@@H](C(=O)NCc3cccnc3)[C@@H](C1)O2. The summed E-state index contributed by atoms with van der Waals surface area (Å²) in [5.74, 6) is 0.821. The van der Waals surface area contributed by atoms with Crippen LogP contribution < -0.4 is 5.32 Å². The number of aromatic nitrogens is 1. The molecule has 3 heterocycles. The normalized spacial score (nSPS) is 27.3. The first-order chi connectivity index (χ1) is 11.1. The standard InChI is InChI=1S/C18H27N3O2/c1-13(2)5-7-21-11-15-8-16(17(12-21)23-15)18(22)20-10-14-4-3-6-19-9-14/h3-4,6,9,13,15-17H,5,7-8,10-12H2,1-2H3,(H,20,22)/t15-,16-,17-/m1/s1. The van der Waals surface area contributed by atoms with Crippen molar-refractivity contribution in [2.24, 2.45) is 11.8 Å². The Labute approximate surface area is 138 Å². The Hall–Kier alpha value is -1.46. The van der Waals surface area contributed by atoms with Crippen molar-refractivity contribution < 1.29 is 9.53 Å². The van der Waals surface area contributed by atoms with Gasteiger partial charge in [0.05, 0.1) is 18.1 Å². The van der Waals surface area contributed by atoms with E-state index in [1.54, 1.807) is 12.4 Å². The summed E-state index contributed by atoms with van der Waals surface area (Å²) in [6.07, 6.45) is 5.85. The van der Waals surface area contributed by atoms with E-state index in [2.05, 4.69) is 29.0 Å². The Kier molecular flexibility index (Phi) is 5.28. The molecule has 0 spiro atoms. The summed E-state index contributed by atoms with van der Waals surface area (Å²) in [4.78, 5) is 19.0. The molecular weight excluding hydrogens is 290 g/mol. The molecule has 2 aliphatic rings. The Bertz CT molecular complexity index is 520. The number of carbonyl (C=O) groups excluding carboxylic acids is 1. The zero-order valence-electron chi connectivity index (χ0n) is 14.1. The third-order valence-electron chi connectivity index (χ3n) is 4.78. The highest BCUT2D eigenvalue weighted by Crippen LogP contribution is 2.32. The monoisotopic (exact) mass is 317 g/mol. The lowest BCUT2D eigenvalue weighted by Gasteiger charge is -2.33. The van der Waals surface area contributed by atoms with Gasteiger partial charge in [-0.15, -0.1) is 0 Å². The Morgan fingerprint density at radius 3 is 3.09 bits per heavy atom. The second kappa shape index (κ2) is 7.41. The lowest BCUT2D eigenvalue weighted by molar-refractivity contribution is -0.128. The molecule has 2 bridgehead atoms. The fourth-order valence-electron chi connectivity index (χ4n) is 3.46.